The fourth-order valence-electron chi connectivity index (χ4n) is 3.90. The second-order valence-corrected chi connectivity index (χ2v) is 7.59. The molecule has 1 aliphatic heterocycles. The van der Waals surface area contributed by atoms with E-state index in [9.17, 15) is 4.39 Å². The van der Waals surface area contributed by atoms with Gasteiger partial charge in [0, 0.05) is 29.9 Å². The summed E-state index contributed by atoms with van der Waals surface area (Å²) in [6.07, 6.45) is 3.18. The highest BCUT2D eigenvalue weighted by Crippen LogP contribution is 2.30. The van der Waals surface area contributed by atoms with Gasteiger partial charge >= 0.3 is 0 Å². The molecule has 3 aromatic heterocycles. The number of halogens is 1. The first-order chi connectivity index (χ1) is 15.7. The number of H-pyrrole nitrogens is 2. The van der Waals surface area contributed by atoms with Crippen molar-refractivity contribution in [2.45, 2.75) is 0 Å². The van der Waals surface area contributed by atoms with Crippen LogP contribution in [0.1, 0.15) is 0 Å². The molecule has 5 aromatic rings. The normalized spacial score (nSPS) is 14.3. The van der Waals surface area contributed by atoms with Crippen LogP contribution in [0.5, 0.6) is 0 Å². The molecule has 2 aromatic carbocycles. The molecule has 3 N–H and O–H groups in total. The van der Waals surface area contributed by atoms with E-state index >= 15 is 0 Å². The summed E-state index contributed by atoms with van der Waals surface area (Å²) in [6, 6.07) is 11.2. The van der Waals surface area contributed by atoms with Crippen LogP contribution >= 0.6 is 0 Å². The monoisotopic (exact) mass is 430 g/mol. The van der Waals surface area contributed by atoms with Crippen LogP contribution in [0.15, 0.2) is 48.8 Å². The summed E-state index contributed by atoms with van der Waals surface area (Å²) in [4.78, 5) is 11.4. The average Bonchev–Trinajstić information content (AvgIpc) is 3.48. The highest BCUT2D eigenvalue weighted by Gasteiger charge is 2.16. The third-order valence-corrected chi connectivity index (χ3v) is 5.58. The molecule has 0 atom stereocenters. The van der Waals surface area contributed by atoms with Gasteiger partial charge in [0.1, 0.15) is 16.9 Å². The lowest BCUT2D eigenvalue weighted by Gasteiger charge is -2.28. The zero-order valence-electron chi connectivity index (χ0n) is 17.0. The maximum atomic E-state index is 14.8. The Morgan fingerprint density at radius 2 is 1.78 bits per heavy atom. The second-order valence-electron chi connectivity index (χ2n) is 7.59. The number of benzene rings is 2. The topological polar surface area (TPSA) is 108 Å². The number of rotatable bonds is 4. The van der Waals surface area contributed by atoms with Crippen LogP contribution in [0.2, 0.25) is 0 Å². The van der Waals surface area contributed by atoms with Crippen LogP contribution in [-0.2, 0) is 4.74 Å². The largest absolute Gasteiger partial charge is 0.378 e. The standard InChI is InChI=1S/C22H19FN8O/c23-17-9-13-11-24-29-18(13)10-16(17)21-27-19-12-25-30-20(19)22(28-21)26-14-1-3-15(4-2-14)31-5-7-32-8-6-31/h1-4,9-12H,5-8H2,(H,24,29)(H,25,30)(H,26,27,28). The average molecular weight is 430 g/mol. The SMILES string of the molecule is Fc1cc2cn[nH]c2cc1-c1nc(Nc2ccc(N3CCOCC3)cc2)c2[nH]ncc2n1. The summed E-state index contributed by atoms with van der Waals surface area (Å²) in [5.41, 5.74) is 4.23. The van der Waals surface area contributed by atoms with Crippen LogP contribution < -0.4 is 10.2 Å². The number of ether oxygens (including phenoxy) is 1. The Labute approximate surface area is 181 Å². The molecule has 6 rings (SSSR count). The van der Waals surface area contributed by atoms with Crippen LogP contribution in [0.25, 0.3) is 33.3 Å². The van der Waals surface area contributed by atoms with Gasteiger partial charge in [0.25, 0.3) is 0 Å². The van der Waals surface area contributed by atoms with Crippen molar-refractivity contribution in [3.05, 3.63) is 54.6 Å². The molecule has 0 saturated carbocycles. The van der Waals surface area contributed by atoms with E-state index in [-0.39, 0.29) is 11.4 Å². The molecule has 1 saturated heterocycles. The Balaban J connectivity index is 1.36. The van der Waals surface area contributed by atoms with Crippen molar-refractivity contribution in [2.75, 3.05) is 36.5 Å². The first kappa shape index (κ1) is 18.7. The number of aromatic nitrogens is 6. The van der Waals surface area contributed by atoms with Crippen molar-refractivity contribution >= 4 is 39.1 Å². The maximum absolute atomic E-state index is 14.8. The first-order valence-electron chi connectivity index (χ1n) is 10.3. The second kappa shape index (κ2) is 7.57. The summed E-state index contributed by atoms with van der Waals surface area (Å²) < 4.78 is 20.2. The van der Waals surface area contributed by atoms with Crippen LogP contribution in [0.4, 0.5) is 21.6 Å². The molecule has 0 radical (unpaired) electrons. The molecule has 0 amide bonds. The van der Waals surface area contributed by atoms with Gasteiger partial charge in [0.15, 0.2) is 11.6 Å². The molecule has 160 valence electrons. The van der Waals surface area contributed by atoms with Gasteiger partial charge in [-0.25, -0.2) is 14.4 Å². The van der Waals surface area contributed by atoms with Crippen molar-refractivity contribution in [1.29, 1.82) is 0 Å². The zero-order chi connectivity index (χ0) is 21.5. The van der Waals surface area contributed by atoms with E-state index in [2.05, 4.69) is 52.7 Å². The number of hydrogen-bond donors (Lipinski definition) is 3. The smallest absolute Gasteiger partial charge is 0.165 e. The van der Waals surface area contributed by atoms with E-state index in [4.69, 9.17) is 4.74 Å². The fraction of sp³-hybridized carbons (Fsp3) is 0.182. The Morgan fingerprint density at radius 1 is 0.969 bits per heavy atom. The number of nitrogens with zero attached hydrogens (tertiary/aromatic N) is 5. The van der Waals surface area contributed by atoms with Gasteiger partial charge in [0.05, 0.1) is 36.7 Å². The maximum Gasteiger partial charge on any atom is 0.165 e. The van der Waals surface area contributed by atoms with Crippen LogP contribution in [-0.4, -0.2) is 56.7 Å². The summed E-state index contributed by atoms with van der Waals surface area (Å²) in [7, 11) is 0. The highest BCUT2D eigenvalue weighted by molar-refractivity contribution is 5.90. The van der Waals surface area contributed by atoms with Gasteiger partial charge in [-0.1, -0.05) is 0 Å². The Hall–Kier alpha value is -4.05. The molecule has 0 unspecified atom stereocenters. The summed E-state index contributed by atoms with van der Waals surface area (Å²) in [5.74, 6) is 0.369. The van der Waals surface area contributed by atoms with E-state index in [1.807, 2.05) is 12.1 Å². The van der Waals surface area contributed by atoms with Crippen molar-refractivity contribution < 1.29 is 9.13 Å². The summed E-state index contributed by atoms with van der Waals surface area (Å²) in [6.45, 7) is 3.23. The minimum atomic E-state index is -0.414. The Morgan fingerprint density at radius 3 is 2.62 bits per heavy atom. The van der Waals surface area contributed by atoms with Gasteiger partial charge in [-0.05, 0) is 36.4 Å². The zero-order valence-corrected chi connectivity index (χ0v) is 17.0. The molecule has 9 nitrogen and oxygen atoms in total. The lowest BCUT2D eigenvalue weighted by atomic mass is 10.1. The van der Waals surface area contributed by atoms with E-state index in [0.29, 0.717) is 27.8 Å². The molecular formula is C22H19FN8O. The number of nitrogens with one attached hydrogen (secondary N) is 3. The molecule has 32 heavy (non-hydrogen) atoms. The Kier molecular flexibility index (Phi) is 4.43. The Bertz CT molecular complexity index is 1410. The fourth-order valence-corrected chi connectivity index (χ4v) is 3.90. The van der Waals surface area contributed by atoms with Crippen LogP contribution in [0, 0.1) is 5.82 Å². The third kappa shape index (κ3) is 3.30. The van der Waals surface area contributed by atoms with Gasteiger partial charge in [-0.3, -0.25) is 10.2 Å². The van der Waals surface area contributed by atoms with Gasteiger partial charge in [-0.2, -0.15) is 10.2 Å². The molecule has 0 bridgehead atoms. The quantitative estimate of drug-likeness (QED) is 0.400. The first-order valence-corrected chi connectivity index (χ1v) is 10.3. The molecule has 10 heteroatoms. The molecule has 4 heterocycles. The van der Waals surface area contributed by atoms with Gasteiger partial charge < -0.3 is 15.0 Å². The van der Waals surface area contributed by atoms with Crippen molar-refractivity contribution in [3.8, 4) is 11.4 Å². The molecule has 1 aliphatic rings. The van der Waals surface area contributed by atoms with E-state index < -0.39 is 5.82 Å². The molecular weight excluding hydrogens is 411 g/mol. The van der Waals surface area contributed by atoms with E-state index in [1.54, 1.807) is 18.5 Å². The number of aromatic amines is 2. The number of fused-ring (bicyclic) bond motifs is 2. The van der Waals surface area contributed by atoms with Crippen molar-refractivity contribution in [2.24, 2.45) is 0 Å². The minimum absolute atomic E-state index is 0.264. The lowest BCUT2D eigenvalue weighted by molar-refractivity contribution is 0.122. The summed E-state index contributed by atoms with van der Waals surface area (Å²) >= 11 is 0. The van der Waals surface area contributed by atoms with E-state index in [0.717, 1.165) is 37.7 Å². The number of morpholine rings is 1. The van der Waals surface area contributed by atoms with Crippen molar-refractivity contribution in [1.82, 2.24) is 30.4 Å². The highest BCUT2D eigenvalue weighted by atomic mass is 19.1. The molecule has 1 fully saturated rings. The third-order valence-electron chi connectivity index (χ3n) is 5.58. The number of anilines is 3. The van der Waals surface area contributed by atoms with Gasteiger partial charge in [0.2, 0.25) is 0 Å². The molecule has 0 aliphatic carbocycles. The van der Waals surface area contributed by atoms with Crippen LogP contribution in [0.3, 0.4) is 0 Å². The number of hydrogen-bond acceptors (Lipinski definition) is 7. The minimum Gasteiger partial charge on any atom is -0.378 e. The predicted octanol–water partition coefficient (Wildman–Crippen LogP) is 3.62. The predicted molar refractivity (Wildman–Crippen MR) is 119 cm³/mol. The van der Waals surface area contributed by atoms with E-state index in [1.165, 1.54) is 6.07 Å². The summed E-state index contributed by atoms with van der Waals surface area (Å²) in [5, 5.41) is 17.8. The van der Waals surface area contributed by atoms with Gasteiger partial charge in [-0.15, -0.1) is 0 Å². The lowest BCUT2D eigenvalue weighted by Crippen LogP contribution is -2.36. The molecule has 0 spiro atoms. The van der Waals surface area contributed by atoms with Crippen molar-refractivity contribution in [3.63, 3.8) is 0 Å².